The summed E-state index contributed by atoms with van der Waals surface area (Å²) in [6, 6.07) is 9.40. The fourth-order valence-corrected chi connectivity index (χ4v) is 2.31. The first-order valence-electron chi connectivity index (χ1n) is 5.56. The van der Waals surface area contributed by atoms with Crippen LogP contribution in [-0.4, -0.2) is 6.61 Å². The predicted molar refractivity (Wildman–Crippen MR) is 75.2 cm³/mol. The smallest absolute Gasteiger partial charge is 0.220 e. The number of unbranched alkanes of at least 4 members (excludes halogenated alkanes) is 3. The minimum Gasteiger partial charge on any atom is -0.344 e. The number of rotatable bonds is 7. The van der Waals surface area contributed by atoms with E-state index in [-0.39, 0.29) is 12.3 Å². The molecule has 0 bridgehead atoms. The average Bonchev–Trinajstić information content (AvgIpc) is 2.30. The molecule has 1 aromatic rings. The molecule has 0 aliphatic carbocycles. The topological polar surface area (TPSA) is 96.3 Å². The van der Waals surface area contributed by atoms with Crippen molar-refractivity contribution in [2.45, 2.75) is 32.6 Å². The molecular weight excluding hydrogens is 235 g/mol. The lowest BCUT2D eigenvalue weighted by Crippen LogP contribution is -1.98. The minimum absolute atomic E-state index is 0. The zero-order chi connectivity index (χ0) is 10.9. The van der Waals surface area contributed by atoms with Gasteiger partial charge in [0.15, 0.2) is 0 Å². The number of hydrogen-bond acceptors (Lipinski definition) is 4. The lowest BCUT2D eigenvalue weighted by molar-refractivity contribution is 0.322. The van der Waals surface area contributed by atoms with Crippen LogP contribution >= 0.6 is 8.03 Å². The van der Waals surface area contributed by atoms with Crippen LogP contribution in [0.1, 0.15) is 32.6 Å². The van der Waals surface area contributed by atoms with E-state index in [9.17, 15) is 4.57 Å². The van der Waals surface area contributed by atoms with Crippen molar-refractivity contribution in [2.24, 2.45) is 0 Å². The van der Waals surface area contributed by atoms with Gasteiger partial charge in [-0.1, -0.05) is 44.4 Å². The van der Waals surface area contributed by atoms with Crippen LogP contribution in [0.3, 0.4) is 0 Å². The maximum atomic E-state index is 11.6. The zero-order valence-corrected chi connectivity index (χ0v) is 11.7. The third-order valence-corrected chi connectivity index (χ3v) is 3.51. The van der Waals surface area contributed by atoms with Crippen LogP contribution < -0.4 is 17.6 Å². The maximum Gasteiger partial charge on any atom is 0.220 e. The van der Waals surface area contributed by atoms with E-state index in [4.69, 9.17) is 4.52 Å². The van der Waals surface area contributed by atoms with E-state index in [1.807, 2.05) is 30.3 Å². The number of benzene rings is 1. The average molecular weight is 260 g/mol. The summed E-state index contributed by atoms with van der Waals surface area (Å²) in [4.78, 5) is 0. The standard InChI is InChI=1S/C12H19O2P.2H3N/c1-2-3-4-8-11-14-15(13)12-9-6-5-7-10-12;;/h5-7,9-10,15H,2-4,8,11H2,1H3;2*1H3. The van der Waals surface area contributed by atoms with Crippen LogP contribution in [0.2, 0.25) is 0 Å². The molecule has 0 amide bonds. The molecule has 0 saturated heterocycles. The van der Waals surface area contributed by atoms with Gasteiger partial charge in [-0.2, -0.15) is 0 Å². The first kappa shape index (κ1) is 18.7. The second kappa shape index (κ2) is 11.8. The molecule has 6 N–H and O–H groups in total. The Morgan fingerprint density at radius 3 is 2.29 bits per heavy atom. The molecule has 0 aliphatic rings. The first-order chi connectivity index (χ1) is 7.34. The minimum atomic E-state index is -2.00. The normalized spacial score (nSPS) is 11.1. The predicted octanol–water partition coefficient (Wildman–Crippen LogP) is 3.71. The summed E-state index contributed by atoms with van der Waals surface area (Å²) in [6.07, 6.45) is 4.63. The van der Waals surface area contributed by atoms with Crippen molar-refractivity contribution in [2.75, 3.05) is 6.61 Å². The molecule has 1 unspecified atom stereocenters. The second-order valence-electron chi connectivity index (χ2n) is 3.56. The Labute approximate surface area is 105 Å². The van der Waals surface area contributed by atoms with Gasteiger partial charge in [-0.05, 0) is 18.6 Å². The molecule has 1 aromatic carbocycles. The molecule has 0 aromatic heterocycles. The molecule has 0 spiro atoms. The monoisotopic (exact) mass is 260 g/mol. The zero-order valence-electron chi connectivity index (χ0n) is 10.7. The quantitative estimate of drug-likeness (QED) is 0.577. The second-order valence-corrected chi connectivity index (χ2v) is 5.00. The van der Waals surface area contributed by atoms with Crippen molar-refractivity contribution in [1.29, 1.82) is 0 Å². The van der Waals surface area contributed by atoms with Crippen molar-refractivity contribution in [1.82, 2.24) is 12.3 Å². The van der Waals surface area contributed by atoms with Gasteiger partial charge < -0.3 is 16.8 Å². The van der Waals surface area contributed by atoms with Crippen molar-refractivity contribution < 1.29 is 9.09 Å². The molecule has 0 fully saturated rings. The molecule has 1 atom stereocenters. The molecule has 0 heterocycles. The summed E-state index contributed by atoms with van der Waals surface area (Å²) in [5, 5.41) is 0.818. The third-order valence-electron chi connectivity index (χ3n) is 2.24. The molecule has 1 rings (SSSR count). The molecule has 100 valence electrons. The van der Waals surface area contributed by atoms with E-state index < -0.39 is 8.03 Å². The molecule has 5 heteroatoms. The van der Waals surface area contributed by atoms with Gasteiger partial charge in [0.1, 0.15) is 0 Å². The highest BCUT2D eigenvalue weighted by Crippen LogP contribution is 2.21. The van der Waals surface area contributed by atoms with Gasteiger partial charge in [-0.25, -0.2) is 0 Å². The molecule has 0 radical (unpaired) electrons. The maximum absolute atomic E-state index is 11.6. The fourth-order valence-electron chi connectivity index (χ4n) is 1.35. The van der Waals surface area contributed by atoms with Gasteiger partial charge in [0.05, 0.1) is 6.61 Å². The summed E-state index contributed by atoms with van der Waals surface area (Å²) in [5.41, 5.74) is 0. The Balaban J connectivity index is 0. The molecule has 4 nitrogen and oxygen atoms in total. The van der Waals surface area contributed by atoms with E-state index in [0.29, 0.717) is 6.61 Å². The third kappa shape index (κ3) is 8.11. The van der Waals surface area contributed by atoms with Crippen LogP contribution in [0.15, 0.2) is 30.3 Å². The fraction of sp³-hybridized carbons (Fsp3) is 0.500. The Morgan fingerprint density at radius 2 is 1.71 bits per heavy atom. The highest BCUT2D eigenvalue weighted by atomic mass is 31.1. The van der Waals surface area contributed by atoms with Crippen molar-refractivity contribution in [3.63, 3.8) is 0 Å². The van der Waals surface area contributed by atoms with E-state index in [1.165, 1.54) is 19.3 Å². The van der Waals surface area contributed by atoms with Gasteiger partial charge in [-0.15, -0.1) is 0 Å². The SMILES string of the molecule is CCCCCCO[PH](=O)c1ccccc1.N.N. The summed E-state index contributed by atoms with van der Waals surface area (Å²) in [5.74, 6) is 0. The Kier molecular flexibility index (Phi) is 13.0. The summed E-state index contributed by atoms with van der Waals surface area (Å²) < 4.78 is 17.0. The van der Waals surface area contributed by atoms with Gasteiger partial charge >= 0.3 is 0 Å². The lowest BCUT2D eigenvalue weighted by atomic mass is 10.2. The van der Waals surface area contributed by atoms with Crippen LogP contribution in [0, 0.1) is 0 Å². The van der Waals surface area contributed by atoms with Crippen LogP contribution in [-0.2, 0) is 9.09 Å². The molecular formula is C12H25N2O2P. The van der Waals surface area contributed by atoms with Gasteiger partial charge in [0.25, 0.3) is 0 Å². The Hall–Kier alpha value is -0.670. The van der Waals surface area contributed by atoms with Gasteiger partial charge in [0, 0.05) is 5.30 Å². The van der Waals surface area contributed by atoms with Gasteiger partial charge in [0.2, 0.25) is 8.03 Å². The highest BCUT2D eigenvalue weighted by Gasteiger charge is 2.01. The Morgan fingerprint density at radius 1 is 1.06 bits per heavy atom. The summed E-state index contributed by atoms with van der Waals surface area (Å²) in [7, 11) is -2.00. The van der Waals surface area contributed by atoms with E-state index in [2.05, 4.69) is 6.92 Å². The van der Waals surface area contributed by atoms with Crippen LogP contribution in [0.5, 0.6) is 0 Å². The molecule has 17 heavy (non-hydrogen) atoms. The number of hydrogen-bond donors (Lipinski definition) is 2. The lowest BCUT2D eigenvalue weighted by Gasteiger charge is -2.03. The van der Waals surface area contributed by atoms with Crippen molar-refractivity contribution in [3.8, 4) is 0 Å². The first-order valence-corrected chi connectivity index (χ1v) is 6.88. The summed E-state index contributed by atoms with van der Waals surface area (Å²) in [6.45, 7) is 2.79. The van der Waals surface area contributed by atoms with Crippen LogP contribution in [0.25, 0.3) is 0 Å². The highest BCUT2D eigenvalue weighted by molar-refractivity contribution is 7.48. The van der Waals surface area contributed by atoms with Gasteiger partial charge in [-0.3, -0.25) is 4.57 Å². The van der Waals surface area contributed by atoms with Crippen molar-refractivity contribution >= 4 is 13.3 Å². The van der Waals surface area contributed by atoms with Crippen LogP contribution in [0.4, 0.5) is 0 Å². The van der Waals surface area contributed by atoms with Crippen molar-refractivity contribution in [3.05, 3.63) is 30.3 Å². The molecule has 0 saturated carbocycles. The van der Waals surface area contributed by atoms with E-state index in [0.717, 1.165) is 11.7 Å². The summed E-state index contributed by atoms with van der Waals surface area (Å²) >= 11 is 0. The largest absolute Gasteiger partial charge is 0.344 e. The van der Waals surface area contributed by atoms with E-state index in [1.54, 1.807) is 0 Å². The van der Waals surface area contributed by atoms with E-state index >= 15 is 0 Å². The Bertz CT molecular complexity index is 294. The molecule has 0 aliphatic heterocycles.